The lowest BCUT2D eigenvalue weighted by molar-refractivity contribution is -0.121. The third-order valence-corrected chi connectivity index (χ3v) is 3.57. The fraction of sp³-hybridized carbons (Fsp3) is 0.235. The van der Waals surface area contributed by atoms with E-state index in [1.165, 1.54) is 12.1 Å². The standard InChI is InChI=1S/C17H16FNO2/c18-13-7-5-12(6-8-13)11-17(20)19-15-9-10-21-16-4-2-1-3-14(15)16/h1-8,15H,9-11H2,(H,19,20). The molecule has 2 aromatic carbocycles. The van der Waals surface area contributed by atoms with E-state index in [1.807, 2.05) is 24.3 Å². The van der Waals surface area contributed by atoms with Crippen LogP contribution < -0.4 is 10.1 Å². The highest BCUT2D eigenvalue weighted by molar-refractivity contribution is 5.79. The maximum Gasteiger partial charge on any atom is 0.224 e. The van der Waals surface area contributed by atoms with Crippen LogP contribution in [0, 0.1) is 5.82 Å². The molecule has 0 spiro atoms. The van der Waals surface area contributed by atoms with Crippen LogP contribution in [0.5, 0.6) is 5.75 Å². The van der Waals surface area contributed by atoms with Gasteiger partial charge in [0.25, 0.3) is 0 Å². The van der Waals surface area contributed by atoms with E-state index >= 15 is 0 Å². The van der Waals surface area contributed by atoms with Crippen LogP contribution in [0.25, 0.3) is 0 Å². The van der Waals surface area contributed by atoms with Gasteiger partial charge in [-0.3, -0.25) is 4.79 Å². The summed E-state index contributed by atoms with van der Waals surface area (Å²) in [5, 5.41) is 3.03. The molecule has 4 heteroatoms. The van der Waals surface area contributed by atoms with Crippen LogP contribution >= 0.6 is 0 Å². The van der Waals surface area contributed by atoms with Crippen molar-refractivity contribution in [1.29, 1.82) is 0 Å². The lowest BCUT2D eigenvalue weighted by atomic mass is 10.00. The summed E-state index contributed by atoms with van der Waals surface area (Å²) in [6.45, 7) is 0.596. The molecule has 1 heterocycles. The molecule has 0 fully saturated rings. The summed E-state index contributed by atoms with van der Waals surface area (Å²) in [5.41, 5.74) is 1.81. The van der Waals surface area contributed by atoms with Gasteiger partial charge in [-0.1, -0.05) is 30.3 Å². The highest BCUT2D eigenvalue weighted by Crippen LogP contribution is 2.31. The Morgan fingerprint density at radius 3 is 2.76 bits per heavy atom. The summed E-state index contributed by atoms with van der Waals surface area (Å²) in [6.07, 6.45) is 1.01. The molecule has 1 N–H and O–H groups in total. The van der Waals surface area contributed by atoms with E-state index in [2.05, 4.69) is 5.32 Å². The van der Waals surface area contributed by atoms with E-state index in [-0.39, 0.29) is 24.2 Å². The van der Waals surface area contributed by atoms with Gasteiger partial charge < -0.3 is 10.1 Å². The topological polar surface area (TPSA) is 38.3 Å². The molecule has 108 valence electrons. The molecule has 3 nitrogen and oxygen atoms in total. The van der Waals surface area contributed by atoms with Crippen LogP contribution in [0.15, 0.2) is 48.5 Å². The Kier molecular flexibility index (Phi) is 3.86. The number of carbonyl (C=O) groups is 1. The van der Waals surface area contributed by atoms with Gasteiger partial charge in [-0.05, 0) is 23.8 Å². The van der Waals surface area contributed by atoms with Crippen molar-refractivity contribution in [1.82, 2.24) is 5.32 Å². The summed E-state index contributed by atoms with van der Waals surface area (Å²) >= 11 is 0. The van der Waals surface area contributed by atoms with Crippen molar-refractivity contribution in [2.24, 2.45) is 0 Å². The molecular weight excluding hydrogens is 269 g/mol. The second-order valence-electron chi connectivity index (χ2n) is 5.10. The molecule has 1 aliphatic heterocycles. The van der Waals surface area contributed by atoms with Crippen LogP contribution in [0.3, 0.4) is 0 Å². The molecule has 1 aliphatic rings. The van der Waals surface area contributed by atoms with E-state index in [0.29, 0.717) is 6.61 Å². The van der Waals surface area contributed by atoms with Crippen LogP contribution in [0.4, 0.5) is 4.39 Å². The second kappa shape index (κ2) is 5.95. The van der Waals surface area contributed by atoms with Crippen molar-refractivity contribution in [3.05, 3.63) is 65.5 Å². The zero-order chi connectivity index (χ0) is 14.7. The quantitative estimate of drug-likeness (QED) is 0.941. The molecule has 0 aliphatic carbocycles. The van der Waals surface area contributed by atoms with E-state index in [4.69, 9.17) is 4.74 Å². The smallest absolute Gasteiger partial charge is 0.224 e. The first-order valence-corrected chi connectivity index (χ1v) is 6.98. The fourth-order valence-corrected chi connectivity index (χ4v) is 2.53. The molecule has 0 radical (unpaired) electrons. The van der Waals surface area contributed by atoms with Gasteiger partial charge in [0.15, 0.2) is 0 Å². The second-order valence-corrected chi connectivity index (χ2v) is 5.10. The summed E-state index contributed by atoms with van der Waals surface area (Å²) < 4.78 is 18.4. The van der Waals surface area contributed by atoms with Gasteiger partial charge in [-0.25, -0.2) is 4.39 Å². The number of nitrogens with one attached hydrogen (secondary N) is 1. The number of fused-ring (bicyclic) bond motifs is 1. The van der Waals surface area contributed by atoms with Crippen LogP contribution in [-0.2, 0) is 11.2 Å². The number of amides is 1. The number of rotatable bonds is 3. The van der Waals surface area contributed by atoms with Crippen LogP contribution in [0.1, 0.15) is 23.6 Å². The lowest BCUT2D eigenvalue weighted by Crippen LogP contribution is -2.33. The fourth-order valence-electron chi connectivity index (χ4n) is 2.53. The maximum absolute atomic E-state index is 12.8. The van der Waals surface area contributed by atoms with Crippen molar-refractivity contribution in [2.75, 3.05) is 6.61 Å². The molecule has 3 rings (SSSR count). The largest absolute Gasteiger partial charge is 0.493 e. The van der Waals surface area contributed by atoms with Gasteiger partial charge in [0, 0.05) is 12.0 Å². The molecule has 2 aromatic rings. The maximum atomic E-state index is 12.8. The Labute approximate surface area is 122 Å². The summed E-state index contributed by atoms with van der Waals surface area (Å²) in [6, 6.07) is 13.7. The molecule has 1 amide bonds. The molecule has 1 atom stereocenters. The average Bonchev–Trinajstić information content (AvgIpc) is 2.50. The highest BCUT2D eigenvalue weighted by Gasteiger charge is 2.22. The number of carbonyl (C=O) groups excluding carboxylic acids is 1. The summed E-state index contributed by atoms with van der Waals surface area (Å²) in [7, 11) is 0. The van der Waals surface area contributed by atoms with E-state index in [1.54, 1.807) is 12.1 Å². The first kappa shape index (κ1) is 13.6. The number of ether oxygens (including phenoxy) is 1. The molecule has 21 heavy (non-hydrogen) atoms. The van der Waals surface area contributed by atoms with Crippen molar-refractivity contribution in [2.45, 2.75) is 18.9 Å². The van der Waals surface area contributed by atoms with Gasteiger partial charge in [0.2, 0.25) is 5.91 Å². The molecule has 0 aromatic heterocycles. The number of hydrogen-bond donors (Lipinski definition) is 1. The molecular formula is C17H16FNO2. The highest BCUT2D eigenvalue weighted by atomic mass is 19.1. The number of halogens is 1. The Morgan fingerprint density at radius 1 is 1.19 bits per heavy atom. The Balaban J connectivity index is 1.67. The Hall–Kier alpha value is -2.36. The van der Waals surface area contributed by atoms with Crippen LogP contribution in [0.2, 0.25) is 0 Å². The van der Waals surface area contributed by atoms with Crippen molar-refractivity contribution >= 4 is 5.91 Å². The third kappa shape index (κ3) is 3.21. The van der Waals surface area contributed by atoms with Gasteiger partial charge >= 0.3 is 0 Å². The molecule has 0 saturated heterocycles. The van der Waals surface area contributed by atoms with Crippen molar-refractivity contribution in [3.8, 4) is 5.75 Å². The number of para-hydroxylation sites is 1. The monoisotopic (exact) mass is 285 g/mol. The predicted octanol–water partition coefficient (Wildman–Crippen LogP) is 3.01. The first-order chi connectivity index (χ1) is 10.2. The predicted molar refractivity (Wildman–Crippen MR) is 77.5 cm³/mol. The molecule has 0 saturated carbocycles. The minimum atomic E-state index is -0.294. The molecule has 0 bridgehead atoms. The Bertz CT molecular complexity index is 639. The zero-order valence-electron chi connectivity index (χ0n) is 11.5. The summed E-state index contributed by atoms with van der Waals surface area (Å²) in [5.74, 6) is 0.469. The van der Waals surface area contributed by atoms with E-state index in [9.17, 15) is 9.18 Å². The average molecular weight is 285 g/mol. The number of hydrogen-bond acceptors (Lipinski definition) is 2. The van der Waals surface area contributed by atoms with Crippen molar-refractivity contribution in [3.63, 3.8) is 0 Å². The van der Waals surface area contributed by atoms with Crippen molar-refractivity contribution < 1.29 is 13.9 Å². The lowest BCUT2D eigenvalue weighted by Gasteiger charge is -2.26. The molecule has 1 unspecified atom stereocenters. The van der Waals surface area contributed by atoms with E-state index < -0.39 is 0 Å². The van der Waals surface area contributed by atoms with Crippen LogP contribution in [-0.4, -0.2) is 12.5 Å². The Morgan fingerprint density at radius 2 is 1.95 bits per heavy atom. The SMILES string of the molecule is O=C(Cc1ccc(F)cc1)NC1CCOc2ccccc21. The van der Waals surface area contributed by atoms with E-state index in [0.717, 1.165) is 23.3 Å². The zero-order valence-corrected chi connectivity index (χ0v) is 11.5. The minimum Gasteiger partial charge on any atom is -0.493 e. The minimum absolute atomic E-state index is 0.0251. The number of benzene rings is 2. The normalized spacial score (nSPS) is 16.7. The first-order valence-electron chi connectivity index (χ1n) is 6.98. The van der Waals surface area contributed by atoms with Gasteiger partial charge in [0.05, 0.1) is 19.1 Å². The van der Waals surface area contributed by atoms with Gasteiger partial charge in [-0.15, -0.1) is 0 Å². The summed E-state index contributed by atoms with van der Waals surface area (Å²) in [4.78, 5) is 12.1. The van der Waals surface area contributed by atoms with Gasteiger partial charge in [0.1, 0.15) is 11.6 Å². The third-order valence-electron chi connectivity index (χ3n) is 3.57. The van der Waals surface area contributed by atoms with Gasteiger partial charge in [-0.2, -0.15) is 0 Å².